The molecular weight excluding hydrogens is 182 g/mol. The standard InChI is InChI=1S/C10H17NOS/c1-2-11-7-3-5-9(12)10-6-4-8-13-10/h4,6,8-9,11-12H,2-3,5,7H2,1H3/t9-/m0/s1. The normalized spacial score (nSPS) is 13.1. The fourth-order valence-electron chi connectivity index (χ4n) is 1.22. The van der Waals surface area contributed by atoms with E-state index in [9.17, 15) is 5.11 Å². The molecule has 0 saturated carbocycles. The van der Waals surface area contributed by atoms with Crippen molar-refractivity contribution >= 4 is 11.3 Å². The predicted octanol–water partition coefficient (Wildman–Crippen LogP) is 2.17. The first-order valence-electron chi connectivity index (χ1n) is 4.76. The number of rotatable bonds is 6. The van der Waals surface area contributed by atoms with E-state index in [4.69, 9.17) is 0 Å². The van der Waals surface area contributed by atoms with Crippen LogP contribution >= 0.6 is 11.3 Å². The highest BCUT2D eigenvalue weighted by Crippen LogP contribution is 2.22. The Morgan fingerprint density at radius 2 is 2.46 bits per heavy atom. The topological polar surface area (TPSA) is 32.3 Å². The van der Waals surface area contributed by atoms with Crippen molar-refractivity contribution in [3.05, 3.63) is 22.4 Å². The van der Waals surface area contributed by atoms with Gasteiger partial charge in [-0.3, -0.25) is 0 Å². The van der Waals surface area contributed by atoms with Gasteiger partial charge in [0.15, 0.2) is 0 Å². The largest absolute Gasteiger partial charge is 0.388 e. The molecule has 0 unspecified atom stereocenters. The van der Waals surface area contributed by atoms with E-state index in [1.165, 1.54) is 0 Å². The SMILES string of the molecule is CCNCCC[C@H](O)c1cccs1. The van der Waals surface area contributed by atoms with Crippen molar-refractivity contribution in [1.82, 2.24) is 5.32 Å². The molecule has 0 amide bonds. The summed E-state index contributed by atoms with van der Waals surface area (Å²) < 4.78 is 0. The zero-order chi connectivity index (χ0) is 9.52. The minimum Gasteiger partial charge on any atom is -0.388 e. The van der Waals surface area contributed by atoms with E-state index in [0.29, 0.717) is 0 Å². The van der Waals surface area contributed by atoms with Gasteiger partial charge in [0.2, 0.25) is 0 Å². The van der Waals surface area contributed by atoms with Crippen LogP contribution in [0.5, 0.6) is 0 Å². The van der Waals surface area contributed by atoms with E-state index in [1.807, 2.05) is 17.5 Å². The number of aliphatic hydroxyl groups is 1. The van der Waals surface area contributed by atoms with Gasteiger partial charge in [0.05, 0.1) is 6.10 Å². The summed E-state index contributed by atoms with van der Waals surface area (Å²) in [7, 11) is 0. The van der Waals surface area contributed by atoms with Gasteiger partial charge in [-0.25, -0.2) is 0 Å². The Morgan fingerprint density at radius 1 is 1.62 bits per heavy atom. The second-order valence-corrected chi connectivity index (χ2v) is 4.01. The molecule has 2 nitrogen and oxygen atoms in total. The van der Waals surface area contributed by atoms with Gasteiger partial charge < -0.3 is 10.4 Å². The number of hydrogen-bond donors (Lipinski definition) is 2. The van der Waals surface area contributed by atoms with Gasteiger partial charge in [0.1, 0.15) is 0 Å². The summed E-state index contributed by atoms with van der Waals surface area (Å²) in [5, 5.41) is 14.9. The van der Waals surface area contributed by atoms with Gasteiger partial charge in [0.25, 0.3) is 0 Å². The van der Waals surface area contributed by atoms with E-state index in [-0.39, 0.29) is 6.10 Å². The number of aliphatic hydroxyl groups excluding tert-OH is 1. The molecule has 3 heteroatoms. The minimum atomic E-state index is -0.265. The van der Waals surface area contributed by atoms with Gasteiger partial charge >= 0.3 is 0 Å². The fourth-order valence-corrected chi connectivity index (χ4v) is 1.97. The number of thiophene rings is 1. The van der Waals surface area contributed by atoms with E-state index < -0.39 is 0 Å². The summed E-state index contributed by atoms with van der Waals surface area (Å²) in [4.78, 5) is 1.08. The van der Waals surface area contributed by atoms with Crippen LogP contribution in [0, 0.1) is 0 Å². The van der Waals surface area contributed by atoms with Crippen LogP contribution in [0.2, 0.25) is 0 Å². The van der Waals surface area contributed by atoms with Gasteiger partial charge in [0, 0.05) is 4.88 Å². The third-order valence-corrected chi connectivity index (χ3v) is 2.93. The molecule has 74 valence electrons. The van der Waals surface area contributed by atoms with E-state index in [1.54, 1.807) is 11.3 Å². The third-order valence-electron chi connectivity index (χ3n) is 1.95. The quantitative estimate of drug-likeness (QED) is 0.688. The first-order chi connectivity index (χ1) is 6.34. The summed E-state index contributed by atoms with van der Waals surface area (Å²) in [6.07, 6.45) is 1.62. The van der Waals surface area contributed by atoms with Crippen LogP contribution in [-0.4, -0.2) is 18.2 Å². The second-order valence-electron chi connectivity index (χ2n) is 3.03. The van der Waals surface area contributed by atoms with Crippen molar-refractivity contribution < 1.29 is 5.11 Å². The Bertz CT molecular complexity index is 211. The Labute approximate surface area is 83.6 Å². The lowest BCUT2D eigenvalue weighted by atomic mass is 10.1. The molecule has 1 aromatic heterocycles. The molecule has 0 spiro atoms. The molecule has 1 heterocycles. The molecule has 0 bridgehead atoms. The van der Waals surface area contributed by atoms with Crippen LogP contribution in [0.1, 0.15) is 30.7 Å². The Morgan fingerprint density at radius 3 is 3.08 bits per heavy atom. The van der Waals surface area contributed by atoms with Crippen molar-refractivity contribution in [2.45, 2.75) is 25.9 Å². The molecule has 2 N–H and O–H groups in total. The van der Waals surface area contributed by atoms with E-state index in [0.717, 1.165) is 30.8 Å². The molecule has 0 saturated heterocycles. The van der Waals surface area contributed by atoms with Crippen LogP contribution < -0.4 is 5.32 Å². The van der Waals surface area contributed by atoms with Gasteiger partial charge in [-0.2, -0.15) is 0 Å². The molecule has 0 aromatic carbocycles. The predicted molar refractivity (Wildman–Crippen MR) is 57.1 cm³/mol. The van der Waals surface area contributed by atoms with Crippen LogP contribution in [-0.2, 0) is 0 Å². The summed E-state index contributed by atoms with van der Waals surface area (Å²) in [6, 6.07) is 3.97. The molecule has 0 fully saturated rings. The van der Waals surface area contributed by atoms with Crippen molar-refractivity contribution in [2.24, 2.45) is 0 Å². The minimum absolute atomic E-state index is 0.265. The molecule has 1 atom stereocenters. The maximum absolute atomic E-state index is 9.69. The van der Waals surface area contributed by atoms with Gasteiger partial charge in [-0.1, -0.05) is 13.0 Å². The van der Waals surface area contributed by atoms with E-state index in [2.05, 4.69) is 12.2 Å². The molecule has 13 heavy (non-hydrogen) atoms. The monoisotopic (exact) mass is 199 g/mol. The maximum Gasteiger partial charge on any atom is 0.0882 e. The Hall–Kier alpha value is -0.380. The molecule has 0 aliphatic rings. The maximum atomic E-state index is 9.69. The molecule has 1 rings (SSSR count). The lowest BCUT2D eigenvalue weighted by Crippen LogP contribution is -2.14. The Balaban J connectivity index is 2.15. The van der Waals surface area contributed by atoms with Gasteiger partial charge in [-0.15, -0.1) is 11.3 Å². The molecule has 0 aliphatic carbocycles. The smallest absolute Gasteiger partial charge is 0.0882 e. The molecule has 0 radical (unpaired) electrons. The summed E-state index contributed by atoms with van der Waals surface area (Å²) in [6.45, 7) is 4.10. The van der Waals surface area contributed by atoms with Crippen molar-refractivity contribution in [2.75, 3.05) is 13.1 Å². The second kappa shape index (κ2) is 6.13. The summed E-state index contributed by atoms with van der Waals surface area (Å²) >= 11 is 1.62. The van der Waals surface area contributed by atoms with Gasteiger partial charge in [-0.05, 0) is 37.4 Å². The van der Waals surface area contributed by atoms with Crippen molar-refractivity contribution in [1.29, 1.82) is 0 Å². The highest BCUT2D eigenvalue weighted by atomic mass is 32.1. The Kier molecular flexibility index (Phi) is 5.05. The fraction of sp³-hybridized carbons (Fsp3) is 0.600. The molecule has 0 aliphatic heterocycles. The van der Waals surface area contributed by atoms with Crippen LogP contribution in [0.25, 0.3) is 0 Å². The number of hydrogen-bond acceptors (Lipinski definition) is 3. The van der Waals surface area contributed by atoms with Crippen LogP contribution in [0.15, 0.2) is 17.5 Å². The van der Waals surface area contributed by atoms with Crippen LogP contribution in [0.4, 0.5) is 0 Å². The van der Waals surface area contributed by atoms with Crippen molar-refractivity contribution in [3.8, 4) is 0 Å². The first kappa shape index (κ1) is 10.7. The highest BCUT2D eigenvalue weighted by molar-refractivity contribution is 7.10. The summed E-state index contributed by atoms with van der Waals surface area (Å²) in [5.41, 5.74) is 0. The van der Waals surface area contributed by atoms with E-state index >= 15 is 0 Å². The first-order valence-corrected chi connectivity index (χ1v) is 5.64. The molecular formula is C10H17NOS. The zero-order valence-corrected chi connectivity index (χ0v) is 8.81. The zero-order valence-electron chi connectivity index (χ0n) is 7.99. The molecule has 1 aromatic rings. The average molecular weight is 199 g/mol. The van der Waals surface area contributed by atoms with Crippen LogP contribution in [0.3, 0.4) is 0 Å². The third kappa shape index (κ3) is 3.89. The lowest BCUT2D eigenvalue weighted by Gasteiger charge is -2.07. The highest BCUT2D eigenvalue weighted by Gasteiger charge is 2.06. The van der Waals surface area contributed by atoms with Crippen molar-refractivity contribution in [3.63, 3.8) is 0 Å². The lowest BCUT2D eigenvalue weighted by molar-refractivity contribution is 0.168. The number of nitrogens with one attached hydrogen (secondary N) is 1. The average Bonchev–Trinajstić information content (AvgIpc) is 2.65. The summed E-state index contributed by atoms with van der Waals surface area (Å²) in [5.74, 6) is 0.